The Balaban J connectivity index is 1.82. The third kappa shape index (κ3) is 4.15. The summed E-state index contributed by atoms with van der Waals surface area (Å²) in [4.78, 5) is 8.99. The molecule has 1 aromatic carbocycles. The van der Waals surface area contributed by atoms with Gasteiger partial charge in [-0.3, -0.25) is 0 Å². The molecule has 142 valence electrons. The monoisotopic (exact) mass is 387 g/mol. The third-order valence-electron chi connectivity index (χ3n) is 4.14. The molecule has 9 heteroatoms. The van der Waals surface area contributed by atoms with Crippen molar-refractivity contribution in [3.05, 3.63) is 59.2 Å². The highest BCUT2D eigenvalue weighted by atomic mass is 32.2. The van der Waals surface area contributed by atoms with E-state index in [4.69, 9.17) is 4.52 Å². The van der Waals surface area contributed by atoms with Crippen LogP contribution in [0.25, 0.3) is 0 Å². The molecule has 0 atom stereocenters. The van der Waals surface area contributed by atoms with Crippen LogP contribution in [0.15, 0.2) is 45.9 Å². The molecule has 0 unspecified atom stereocenters. The van der Waals surface area contributed by atoms with Crippen molar-refractivity contribution in [2.45, 2.75) is 25.2 Å². The van der Waals surface area contributed by atoms with E-state index in [9.17, 15) is 8.42 Å². The lowest BCUT2D eigenvalue weighted by Crippen LogP contribution is -2.22. The summed E-state index contributed by atoms with van der Waals surface area (Å²) in [5.41, 5.74) is 2.53. The second-order valence-corrected chi connectivity index (χ2v) is 8.47. The number of benzene rings is 1. The first kappa shape index (κ1) is 19.0. The minimum absolute atomic E-state index is 0.243. The number of anilines is 2. The molecule has 0 amide bonds. The molecule has 0 aliphatic carbocycles. The smallest absolute Gasteiger partial charge is 0.242 e. The van der Waals surface area contributed by atoms with Crippen LogP contribution >= 0.6 is 0 Å². The topological polar surface area (TPSA) is 101 Å². The van der Waals surface area contributed by atoms with Crippen LogP contribution in [0.1, 0.15) is 22.6 Å². The van der Waals surface area contributed by atoms with Gasteiger partial charge in [-0.2, -0.15) is 0 Å². The molecule has 0 spiro atoms. The van der Waals surface area contributed by atoms with E-state index in [1.807, 2.05) is 19.9 Å². The lowest BCUT2D eigenvalue weighted by molar-refractivity contribution is 0.429. The molecule has 0 saturated carbocycles. The zero-order valence-electron chi connectivity index (χ0n) is 15.6. The number of hydrogen-bond acceptors (Lipinski definition) is 7. The van der Waals surface area contributed by atoms with Gasteiger partial charge in [-0.25, -0.2) is 22.7 Å². The van der Waals surface area contributed by atoms with Crippen molar-refractivity contribution in [2.75, 3.05) is 19.4 Å². The van der Waals surface area contributed by atoms with Crippen LogP contribution < -0.4 is 5.32 Å². The molecule has 1 N–H and O–H groups in total. The predicted octanol–water partition coefficient (Wildman–Crippen LogP) is 2.67. The highest BCUT2D eigenvalue weighted by Gasteiger charge is 2.17. The van der Waals surface area contributed by atoms with Crippen LogP contribution in [-0.4, -0.2) is 41.9 Å². The Morgan fingerprint density at radius 1 is 1.19 bits per heavy atom. The van der Waals surface area contributed by atoms with Crippen LogP contribution in [0, 0.1) is 13.8 Å². The van der Waals surface area contributed by atoms with E-state index in [0.29, 0.717) is 23.9 Å². The van der Waals surface area contributed by atoms with E-state index in [-0.39, 0.29) is 4.90 Å². The molecule has 3 rings (SSSR count). The molecule has 8 nitrogen and oxygen atoms in total. The molecule has 27 heavy (non-hydrogen) atoms. The number of sulfonamides is 1. The van der Waals surface area contributed by atoms with Crippen molar-refractivity contribution in [3.8, 4) is 0 Å². The summed E-state index contributed by atoms with van der Waals surface area (Å²) in [6.07, 6.45) is 2.05. The second kappa shape index (κ2) is 7.45. The Labute approximate surface area is 158 Å². The standard InChI is InChI=1S/C18H21N5O3S/c1-12-13(2)22-26-18(12)21-16-8-9-19-17(20-16)11-14-6-5-7-15(10-14)27(24,25)23(3)4/h5-10H,11H2,1-4H3,(H,19,20,21). The minimum Gasteiger partial charge on any atom is -0.338 e. The third-order valence-corrected chi connectivity index (χ3v) is 5.95. The van der Waals surface area contributed by atoms with E-state index in [1.165, 1.54) is 18.4 Å². The van der Waals surface area contributed by atoms with Gasteiger partial charge in [0, 0.05) is 32.3 Å². The molecule has 3 aromatic rings. The van der Waals surface area contributed by atoms with Crippen LogP contribution in [0.4, 0.5) is 11.7 Å². The Hall–Kier alpha value is -2.78. The van der Waals surface area contributed by atoms with Gasteiger partial charge in [0.2, 0.25) is 15.9 Å². The molecule has 0 aliphatic heterocycles. The molecule has 0 saturated heterocycles. The minimum atomic E-state index is -3.48. The number of rotatable bonds is 6. The maximum absolute atomic E-state index is 12.3. The van der Waals surface area contributed by atoms with Crippen molar-refractivity contribution in [3.63, 3.8) is 0 Å². The highest BCUT2D eigenvalue weighted by molar-refractivity contribution is 7.89. The Kier molecular flexibility index (Phi) is 5.24. The molecule has 0 fully saturated rings. The number of nitrogens with zero attached hydrogens (tertiary/aromatic N) is 4. The normalized spacial score (nSPS) is 11.7. The first-order valence-electron chi connectivity index (χ1n) is 8.30. The summed E-state index contributed by atoms with van der Waals surface area (Å²) in [5, 5.41) is 6.99. The fourth-order valence-corrected chi connectivity index (χ4v) is 3.38. The van der Waals surface area contributed by atoms with Crippen LogP contribution in [0.3, 0.4) is 0 Å². The molecule has 0 aliphatic rings. The van der Waals surface area contributed by atoms with Crippen molar-refractivity contribution < 1.29 is 12.9 Å². The zero-order chi connectivity index (χ0) is 19.6. The van der Waals surface area contributed by atoms with Crippen molar-refractivity contribution in [1.82, 2.24) is 19.4 Å². The average molecular weight is 387 g/mol. The molecule has 0 radical (unpaired) electrons. The molecule has 2 heterocycles. The molecule has 0 bridgehead atoms. The summed E-state index contributed by atoms with van der Waals surface area (Å²) in [6, 6.07) is 8.51. The quantitative estimate of drug-likeness (QED) is 0.694. The summed E-state index contributed by atoms with van der Waals surface area (Å²) >= 11 is 0. The van der Waals surface area contributed by atoms with Gasteiger partial charge in [0.15, 0.2) is 0 Å². The molecular weight excluding hydrogens is 366 g/mol. The van der Waals surface area contributed by atoms with Gasteiger partial charge >= 0.3 is 0 Å². The molecule has 2 aromatic heterocycles. The number of hydrogen-bond donors (Lipinski definition) is 1. The zero-order valence-corrected chi connectivity index (χ0v) is 16.4. The van der Waals surface area contributed by atoms with E-state index < -0.39 is 10.0 Å². The van der Waals surface area contributed by atoms with E-state index >= 15 is 0 Å². The summed E-state index contributed by atoms with van der Waals surface area (Å²) in [7, 11) is -0.467. The van der Waals surface area contributed by atoms with Crippen LogP contribution in [0.5, 0.6) is 0 Å². The van der Waals surface area contributed by atoms with Gasteiger partial charge < -0.3 is 9.84 Å². The summed E-state index contributed by atoms with van der Waals surface area (Å²) in [6.45, 7) is 3.77. The van der Waals surface area contributed by atoms with Crippen molar-refractivity contribution >= 4 is 21.7 Å². The van der Waals surface area contributed by atoms with Gasteiger partial charge in [0.1, 0.15) is 11.6 Å². The largest absolute Gasteiger partial charge is 0.338 e. The fraction of sp³-hybridized carbons (Fsp3) is 0.278. The Bertz CT molecular complexity index is 1060. The second-order valence-electron chi connectivity index (χ2n) is 6.32. The lowest BCUT2D eigenvalue weighted by Gasteiger charge is -2.12. The van der Waals surface area contributed by atoms with E-state index in [1.54, 1.807) is 30.5 Å². The van der Waals surface area contributed by atoms with Crippen LogP contribution in [-0.2, 0) is 16.4 Å². The highest BCUT2D eigenvalue weighted by Crippen LogP contribution is 2.22. The lowest BCUT2D eigenvalue weighted by atomic mass is 10.1. The Morgan fingerprint density at radius 3 is 2.63 bits per heavy atom. The van der Waals surface area contributed by atoms with Gasteiger partial charge in [-0.1, -0.05) is 17.3 Å². The van der Waals surface area contributed by atoms with Gasteiger partial charge in [0.25, 0.3) is 0 Å². The van der Waals surface area contributed by atoms with Crippen molar-refractivity contribution in [1.29, 1.82) is 0 Å². The SMILES string of the molecule is Cc1noc(Nc2ccnc(Cc3cccc(S(=O)(=O)N(C)C)c3)n2)c1C. The summed E-state index contributed by atoms with van der Waals surface area (Å²) < 4.78 is 31.0. The maximum atomic E-state index is 12.3. The Morgan fingerprint density at radius 2 is 1.96 bits per heavy atom. The number of aryl methyl sites for hydroxylation is 1. The first-order valence-corrected chi connectivity index (χ1v) is 9.74. The van der Waals surface area contributed by atoms with Gasteiger partial charge in [-0.05, 0) is 37.6 Å². The molecular formula is C18H21N5O3S. The predicted molar refractivity (Wildman–Crippen MR) is 101 cm³/mol. The van der Waals surface area contributed by atoms with Gasteiger partial charge in [-0.15, -0.1) is 0 Å². The first-order chi connectivity index (χ1) is 12.8. The number of aromatic nitrogens is 3. The fourth-order valence-electron chi connectivity index (χ4n) is 2.41. The number of nitrogens with one attached hydrogen (secondary N) is 1. The van der Waals surface area contributed by atoms with Gasteiger partial charge in [0.05, 0.1) is 10.6 Å². The van der Waals surface area contributed by atoms with E-state index in [0.717, 1.165) is 16.8 Å². The maximum Gasteiger partial charge on any atom is 0.242 e. The van der Waals surface area contributed by atoms with Crippen LogP contribution in [0.2, 0.25) is 0 Å². The van der Waals surface area contributed by atoms with E-state index in [2.05, 4.69) is 20.4 Å². The average Bonchev–Trinajstić information content (AvgIpc) is 2.94. The summed E-state index contributed by atoms with van der Waals surface area (Å²) in [5.74, 6) is 1.68. The van der Waals surface area contributed by atoms with Crippen molar-refractivity contribution in [2.24, 2.45) is 0 Å².